The predicted octanol–water partition coefficient (Wildman–Crippen LogP) is 7.01. The molecule has 1 N–H and O–H groups in total. The second-order valence-electron chi connectivity index (χ2n) is 9.74. The topological polar surface area (TPSA) is 57.6 Å². The number of para-hydroxylation sites is 2. The van der Waals surface area contributed by atoms with E-state index in [0.717, 1.165) is 23.5 Å². The van der Waals surface area contributed by atoms with Crippen molar-refractivity contribution in [2.45, 2.75) is 32.1 Å². The number of alkyl halides is 3. The van der Waals surface area contributed by atoms with E-state index in [9.17, 15) is 27.2 Å². The predicted molar refractivity (Wildman–Crippen MR) is 144 cm³/mol. The van der Waals surface area contributed by atoms with Gasteiger partial charge in [0.15, 0.2) is 0 Å². The molecule has 0 spiro atoms. The van der Waals surface area contributed by atoms with E-state index in [1.807, 2.05) is 47.2 Å². The van der Waals surface area contributed by atoms with Crippen molar-refractivity contribution in [3.05, 3.63) is 114 Å². The molecule has 0 aliphatic carbocycles. The highest BCUT2D eigenvalue weighted by Gasteiger charge is 2.37. The van der Waals surface area contributed by atoms with Crippen LogP contribution in [0, 0.1) is 5.82 Å². The van der Waals surface area contributed by atoms with Gasteiger partial charge in [0.05, 0.1) is 22.6 Å². The number of benzene rings is 3. The summed E-state index contributed by atoms with van der Waals surface area (Å²) in [5.41, 5.74) is 2.22. The molecule has 3 amide bonds. The minimum absolute atomic E-state index is 0.168. The average Bonchev–Trinajstić information content (AvgIpc) is 3.41. The Hall–Kier alpha value is -4.60. The summed E-state index contributed by atoms with van der Waals surface area (Å²) < 4.78 is 54.6. The number of nitrogens with one attached hydrogen (secondary N) is 1. The zero-order valence-electron chi connectivity index (χ0n) is 21.7. The summed E-state index contributed by atoms with van der Waals surface area (Å²) in [7, 11) is 0. The first kappa shape index (κ1) is 27.0. The van der Waals surface area contributed by atoms with Gasteiger partial charge >= 0.3 is 12.2 Å². The largest absolute Gasteiger partial charge is 0.416 e. The third-order valence-corrected chi connectivity index (χ3v) is 6.83. The Bertz CT molecular complexity index is 1530. The smallest absolute Gasteiger partial charge is 0.316 e. The van der Waals surface area contributed by atoms with Gasteiger partial charge in [0.1, 0.15) is 18.4 Å². The van der Waals surface area contributed by atoms with E-state index in [0.29, 0.717) is 11.3 Å². The number of carbonyl (C=O) groups excluding carboxylic acids is 2. The lowest BCUT2D eigenvalue weighted by Gasteiger charge is -2.40. The van der Waals surface area contributed by atoms with Gasteiger partial charge in [-0.2, -0.15) is 13.2 Å². The van der Waals surface area contributed by atoms with Crippen LogP contribution in [0.3, 0.4) is 0 Å². The number of hydrogen-bond acceptors (Lipinski definition) is 2. The summed E-state index contributed by atoms with van der Waals surface area (Å²) in [6.45, 7) is 3.18. The number of nitrogens with zero attached hydrogens (tertiary/aromatic N) is 3. The van der Waals surface area contributed by atoms with Gasteiger partial charge in [0.25, 0.3) is 0 Å². The Morgan fingerprint density at radius 2 is 1.55 bits per heavy atom. The third-order valence-electron chi connectivity index (χ3n) is 6.83. The highest BCUT2D eigenvalue weighted by atomic mass is 19.4. The monoisotopic (exact) mass is 550 g/mol. The van der Waals surface area contributed by atoms with Gasteiger partial charge < -0.3 is 14.8 Å². The van der Waals surface area contributed by atoms with Gasteiger partial charge in [-0.3, -0.25) is 9.69 Å². The van der Waals surface area contributed by atoms with Crippen molar-refractivity contribution in [1.82, 2.24) is 9.47 Å². The molecule has 5 rings (SSSR count). The van der Waals surface area contributed by atoms with Crippen LogP contribution in [-0.2, 0) is 11.0 Å². The molecule has 6 nitrogen and oxygen atoms in total. The maximum Gasteiger partial charge on any atom is 0.416 e. The third kappa shape index (κ3) is 5.16. The minimum atomic E-state index is -4.50. The molecular weight excluding hydrogens is 524 g/mol. The molecule has 4 aromatic rings. The molecule has 40 heavy (non-hydrogen) atoms. The Morgan fingerprint density at radius 1 is 0.900 bits per heavy atom. The van der Waals surface area contributed by atoms with Crippen molar-refractivity contribution < 1.29 is 27.2 Å². The van der Waals surface area contributed by atoms with Crippen LogP contribution in [0.15, 0.2) is 91.1 Å². The quantitative estimate of drug-likeness (QED) is 0.272. The number of hydrogen-bond donors (Lipinski definition) is 1. The van der Waals surface area contributed by atoms with Crippen molar-refractivity contribution in [2.75, 3.05) is 16.8 Å². The molecule has 2 heterocycles. The van der Waals surface area contributed by atoms with Crippen LogP contribution < -0.4 is 10.2 Å². The van der Waals surface area contributed by atoms with Crippen LogP contribution in [0.4, 0.5) is 33.7 Å². The molecular formula is C30H26F4N4O2. The first-order chi connectivity index (χ1) is 19.0. The summed E-state index contributed by atoms with van der Waals surface area (Å²) in [4.78, 5) is 30.2. The lowest BCUT2D eigenvalue weighted by atomic mass is 9.97. The standard InChI is InChI=1S/C30H26F4N4O2/c1-19(2)37(29(40)35-23-15-11-21(12-16-23)30(32,33)34)18-27(39)38-25-7-4-3-6-24(25)36-17-5-8-26(36)28(38)20-9-13-22(31)14-10-20/h3-17,19,28H,18H2,1-2H3,(H,35,40). The van der Waals surface area contributed by atoms with Gasteiger partial charge in [-0.15, -0.1) is 0 Å². The van der Waals surface area contributed by atoms with Crippen molar-refractivity contribution in [2.24, 2.45) is 0 Å². The molecule has 0 fully saturated rings. The Labute approximate surface area is 228 Å². The number of carbonyl (C=O) groups is 2. The van der Waals surface area contributed by atoms with E-state index in [2.05, 4.69) is 5.32 Å². The molecule has 10 heteroatoms. The lowest BCUT2D eigenvalue weighted by Crippen LogP contribution is -2.49. The number of amides is 3. The van der Waals surface area contributed by atoms with Crippen LogP contribution in [0.1, 0.15) is 36.7 Å². The minimum Gasteiger partial charge on any atom is -0.316 e. The molecule has 1 aliphatic rings. The highest BCUT2D eigenvalue weighted by Crippen LogP contribution is 2.42. The van der Waals surface area contributed by atoms with Crippen LogP contribution >= 0.6 is 0 Å². The van der Waals surface area contributed by atoms with E-state index < -0.39 is 35.7 Å². The molecule has 0 saturated carbocycles. The van der Waals surface area contributed by atoms with E-state index >= 15 is 0 Å². The van der Waals surface area contributed by atoms with E-state index in [1.165, 1.54) is 29.2 Å². The van der Waals surface area contributed by atoms with Crippen LogP contribution in [-0.4, -0.2) is 34.0 Å². The molecule has 206 valence electrons. The fourth-order valence-electron chi connectivity index (χ4n) is 4.87. The first-order valence-corrected chi connectivity index (χ1v) is 12.6. The second kappa shape index (κ2) is 10.5. The molecule has 3 aromatic carbocycles. The van der Waals surface area contributed by atoms with Crippen LogP contribution in [0.25, 0.3) is 5.69 Å². The van der Waals surface area contributed by atoms with Gasteiger partial charge in [0.2, 0.25) is 5.91 Å². The Balaban J connectivity index is 1.46. The number of anilines is 2. The van der Waals surface area contributed by atoms with Gasteiger partial charge in [-0.1, -0.05) is 24.3 Å². The summed E-state index contributed by atoms with van der Waals surface area (Å²) in [6.07, 6.45) is -2.60. The molecule has 0 radical (unpaired) electrons. The summed E-state index contributed by atoms with van der Waals surface area (Å²) in [5.74, 6) is -0.787. The average molecular weight is 551 g/mol. The molecule has 0 saturated heterocycles. The zero-order chi connectivity index (χ0) is 28.6. The molecule has 1 aliphatic heterocycles. The first-order valence-electron chi connectivity index (χ1n) is 12.6. The fourth-order valence-corrected chi connectivity index (χ4v) is 4.87. The van der Waals surface area contributed by atoms with E-state index in [4.69, 9.17) is 0 Å². The van der Waals surface area contributed by atoms with Crippen LogP contribution in [0.5, 0.6) is 0 Å². The zero-order valence-corrected chi connectivity index (χ0v) is 21.7. The van der Waals surface area contributed by atoms with Crippen molar-refractivity contribution in [3.8, 4) is 5.69 Å². The number of fused-ring (bicyclic) bond motifs is 3. The lowest BCUT2D eigenvalue weighted by molar-refractivity contribution is -0.137. The number of halogens is 4. The molecule has 1 atom stereocenters. The SMILES string of the molecule is CC(C)N(CC(=O)N1c2ccccc2-n2cccc2C1c1ccc(F)cc1)C(=O)Nc1ccc(C(F)(F)F)cc1. The van der Waals surface area contributed by atoms with Crippen molar-refractivity contribution >= 4 is 23.3 Å². The highest BCUT2D eigenvalue weighted by molar-refractivity contribution is 6.01. The fraction of sp³-hybridized carbons (Fsp3) is 0.200. The maximum absolute atomic E-state index is 14.1. The van der Waals surface area contributed by atoms with Crippen molar-refractivity contribution in [3.63, 3.8) is 0 Å². The normalized spacial score (nSPS) is 14.5. The molecule has 0 bridgehead atoms. The van der Waals surface area contributed by atoms with Crippen molar-refractivity contribution in [1.29, 1.82) is 0 Å². The molecule has 1 unspecified atom stereocenters. The summed E-state index contributed by atoms with van der Waals surface area (Å²) in [5, 5.41) is 2.59. The summed E-state index contributed by atoms with van der Waals surface area (Å²) in [6, 6.07) is 19.5. The van der Waals surface area contributed by atoms with Gasteiger partial charge in [-0.25, -0.2) is 9.18 Å². The van der Waals surface area contributed by atoms with E-state index in [-0.39, 0.29) is 18.1 Å². The number of urea groups is 1. The summed E-state index contributed by atoms with van der Waals surface area (Å²) >= 11 is 0. The Kier molecular flexibility index (Phi) is 7.10. The molecule has 1 aromatic heterocycles. The van der Waals surface area contributed by atoms with Gasteiger partial charge in [-0.05, 0) is 80.1 Å². The number of rotatable bonds is 5. The van der Waals surface area contributed by atoms with Crippen LogP contribution in [0.2, 0.25) is 0 Å². The second-order valence-corrected chi connectivity index (χ2v) is 9.74. The van der Waals surface area contributed by atoms with Gasteiger partial charge in [0, 0.05) is 17.9 Å². The Morgan fingerprint density at radius 3 is 2.17 bits per heavy atom. The maximum atomic E-state index is 14.1. The van der Waals surface area contributed by atoms with E-state index in [1.54, 1.807) is 30.9 Å². The number of aromatic nitrogens is 1.